The van der Waals surface area contributed by atoms with E-state index < -0.39 is 13.1 Å². The molecule has 0 aromatic heterocycles. The highest BCUT2D eigenvalue weighted by atomic mass is 16.5. The van der Waals surface area contributed by atoms with Crippen LogP contribution in [0.3, 0.4) is 0 Å². The van der Waals surface area contributed by atoms with E-state index in [1.807, 2.05) is 11.0 Å². The molecule has 22 heavy (non-hydrogen) atoms. The topological polar surface area (TPSA) is 38.8 Å². The molecule has 2 aliphatic heterocycles. The van der Waals surface area contributed by atoms with E-state index in [9.17, 15) is 4.79 Å². The van der Waals surface area contributed by atoms with Crippen LogP contribution < -0.4 is 9.47 Å². The van der Waals surface area contributed by atoms with Crippen molar-refractivity contribution >= 4 is 5.78 Å². The Hall–Kier alpha value is -1.55. The summed E-state index contributed by atoms with van der Waals surface area (Å²) in [5.74, 6) is 1.95. The smallest absolute Gasteiger partial charge is 0.174 e. The summed E-state index contributed by atoms with van der Waals surface area (Å²) in [5, 5.41) is 0. The summed E-state index contributed by atoms with van der Waals surface area (Å²) in [5.41, 5.74) is 2.12. The van der Waals surface area contributed by atoms with Gasteiger partial charge in [-0.2, -0.15) is 0 Å². The van der Waals surface area contributed by atoms with Crippen LogP contribution in [0.15, 0.2) is 12.1 Å². The number of benzene rings is 1. The molecule has 0 radical (unpaired) electrons. The highest BCUT2D eigenvalue weighted by Gasteiger charge is 2.65. The van der Waals surface area contributed by atoms with Crippen molar-refractivity contribution in [2.24, 2.45) is 5.92 Å². The fourth-order valence-corrected chi connectivity index (χ4v) is 5.51. The standard InChI is InChI=1S/C18H21NO3/c1-19-8-7-18-11-4-5-13(20)17(18)22-16-14(21-2)6-3-10(15(16)18)9-12(11)19/h3,6,11-12,17H,4-5,7-9H2,1-2H3/t11-,12+,17-,18-/m0/s1/i1D2. The summed E-state index contributed by atoms with van der Waals surface area (Å²) < 4.78 is 27.6. The van der Waals surface area contributed by atoms with Gasteiger partial charge < -0.3 is 14.4 Å². The third-order valence-corrected chi connectivity index (χ3v) is 6.36. The van der Waals surface area contributed by atoms with Crippen molar-refractivity contribution in [1.82, 2.24) is 4.90 Å². The third-order valence-electron chi connectivity index (χ3n) is 6.36. The van der Waals surface area contributed by atoms with Gasteiger partial charge in [-0.3, -0.25) is 4.79 Å². The van der Waals surface area contributed by atoms with Gasteiger partial charge in [-0.05, 0) is 50.4 Å². The number of carbonyl (C=O) groups is 1. The first-order valence-corrected chi connectivity index (χ1v) is 8.08. The van der Waals surface area contributed by atoms with Crippen molar-refractivity contribution in [3.63, 3.8) is 0 Å². The summed E-state index contributed by atoms with van der Waals surface area (Å²) in [6.45, 7) is -0.271. The van der Waals surface area contributed by atoms with Crippen LogP contribution in [0, 0.1) is 5.92 Å². The van der Waals surface area contributed by atoms with Gasteiger partial charge in [0.25, 0.3) is 0 Å². The molecule has 0 unspecified atom stereocenters. The quantitative estimate of drug-likeness (QED) is 0.794. The Bertz CT molecular complexity index is 737. The maximum Gasteiger partial charge on any atom is 0.174 e. The Balaban J connectivity index is 1.75. The normalized spacial score (nSPS) is 39.9. The molecule has 4 atom stereocenters. The second-order valence-corrected chi connectivity index (χ2v) is 7.04. The lowest BCUT2D eigenvalue weighted by molar-refractivity contribution is -0.138. The van der Waals surface area contributed by atoms with E-state index in [2.05, 4.69) is 6.07 Å². The maximum absolute atomic E-state index is 12.7. The average Bonchev–Trinajstić information content (AvgIpc) is 2.90. The molecule has 2 aliphatic carbocycles. The number of hydrogen-bond acceptors (Lipinski definition) is 4. The minimum Gasteiger partial charge on any atom is -0.493 e. The number of hydrogen-bond donors (Lipinski definition) is 0. The maximum atomic E-state index is 12.7. The van der Waals surface area contributed by atoms with E-state index in [0.29, 0.717) is 18.7 Å². The number of methoxy groups -OCH3 is 1. The molecule has 0 amide bonds. The first kappa shape index (κ1) is 11.1. The number of ether oxygens (including phenoxy) is 2. The van der Waals surface area contributed by atoms with E-state index >= 15 is 0 Å². The SMILES string of the molecule is [2H]C([2H])N1CC[C@]23c4c5ccc(OC)c4O[C@H]2C(=O)CC[C@H]3[C@H]1C5. The predicted molar refractivity (Wildman–Crippen MR) is 81.6 cm³/mol. The van der Waals surface area contributed by atoms with E-state index in [1.54, 1.807) is 7.11 Å². The first-order chi connectivity index (χ1) is 11.6. The van der Waals surface area contributed by atoms with Crippen LogP contribution in [-0.2, 0) is 16.6 Å². The third kappa shape index (κ3) is 1.27. The molecule has 1 spiro atoms. The second kappa shape index (κ2) is 4.05. The molecule has 4 aliphatic rings. The Labute approximate surface area is 133 Å². The van der Waals surface area contributed by atoms with Crippen LogP contribution in [0.4, 0.5) is 0 Å². The lowest BCUT2D eigenvalue weighted by atomic mass is 9.52. The van der Waals surface area contributed by atoms with Crippen LogP contribution >= 0.6 is 0 Å². The molecule has 5 rings (SSSR count). The molecule has 2 heterocycles. The molecule has 1 saturated carbocycles. The number of piperidine rings is 1. The van der Waals surface area contributed by atoms with Gasteiger partial charge >= 0.3 is 0 Å². The highest BCUT2D eigenvalue weighted by Crippen LogP contribution is 2.62. The number of likely N-dealkylation sites (tertiary alicyclic amines) is 1. The van der Waals surface area contributed by atoms with Crippen molar-refractivity contribution in [1.29, 1.82) is 0 Å². The molecular weight excluding hydrogens is 278 g/mol. The lowest BCUT2D eigenvalue weighted by Crippen LogP contribution is -2.65. The minimum absolute atomic E-state index is 0.157. The van der Waals surface area contributed by atoms with Crippen molar-refractivity contribution in [2.75, 3.05) is 20.7 Å². The summed E-state index contributed by atoms with van der Waals surface area (Å²) in [6.07, 6.45) is 2.57. The van der Waals surface area contributed by atoms with Gasteiger partial charge in [-0.15, -0.1) is 0 Å². The predicted octanol–water partition coefficient (Wildman–Crippen LogP) is 1.93. The zero-order chi connectivity index (χ0) is 16.6. The molecule has 0 N–H and O–H groups in total. The molecule has 1 aromatic carbocycles. The van der Waals surface area contributed by atoms with Crippen LogP contribution in [0.5, 0.6) is 11.5 Å². The van der Waals surface area contributed by atoms with Gasteiger partial charge in [0, 0.05) is 26.2 Å². The Morgan fingerprint density at radius 2 is 2.41 bits per heavy atom. The highest BCUT2D eigenvalue weighted by molar-refractivity contribution is 5.89. The molecule has 1 saturated heterocycles. The van der Waals surface area contributed by atoms with Gasteiger partial charge in [0.2, 0.25) is 0 Å². The summed E-state index contributed by atoms with van der Waals surface area (Å²) in [4.78, 5) is 14.7. The average molecular weight is 301 g/mol. The first-order valence-electron chi connectivity index (χ1n) is 9.23. The largest absolute Gasteiger partial charge is 0.493 e. The van der Waals surface area contributed by atoms with Crippen molar-refractivity contribution in [2.45, 2.75) is 43.2 Å². The van der Waals surface area contributed by atoms with Gasteiger partial charge in [-0.25, -0.2) is 0 Å². The Morgan fingerprint density at radius 3 is 3.23 bits per heavy atom. The molecule has 4 heteroatoms. The zero-order valence-electron chi connectivity index (χ0n) is 14.7. The van der Waals surface area contributed by atoms with Gasteiger partial charge in [0.1, 0.15) is 0 Å². The number of ketones is 1. The lowest BCUT2D eigenvalue weighted by Gasteiger charge is -2.57. The van der Waals surface area contributed by atoms with E-state index in [0.717, 1.165) is 25.0 Å². The van der Waals surface area contributed by atoms with Crippen LogP contribution in [-0.4, -0.2) is 43.5 Å². The molecule has 2 fully saturated rings. The molecule has 2 bridgehead atoms. The van der Waals surface area contributed by atoms with Gasteiger partial charge in [0.05, 0.1) is 7.11 Å². The summed E-state index contributed by atoms with van der Waals surface area (Å²) in [6, 6.07) is 4.16. The fourth-order valence-electron chi connectivity index (χ4n) is 5.51. The van der Waals surface area contributed by atoms with Crippen LogP contribution in [0.25, 0.3) is 0 Å². The number of Topliss-reactive ketones (excluding diaryl/α,β-unsaturated/α-hetero) is 1. The number of nitrogens with zero attached hydrogens (tertiary/aromatic N) is 1. The number of carbonyl (C=O) groups excluding carboxylic acids is 1. The fraction of sp³-hybridized carbons (Fsp3) is 0.611. The Kier molecular flexibility index (Phi) is 2.03. The minimum atomic E-state index is -0.954. The van der Waals surface area contributed by atoms with E-state index in [-0.39, 0.29) is 23.2 Å². The Morgan fingerprint density at radius 1 is 1.50 bits per heavy atom. The second-order valence-electron chi connectivity index (χ2n) is 7.04. The zero-order valence-corrected chi connectivity index (χ0v) is 12.7. The van der Waals surface area contributed by atoms with E-state index in [4.69, 9.17) is 12.2 Å². The summed E-state index contributed by atoms with van der Waals surface area (Å²) >= 11 is 0. The van der Waals surface area contributed by atoms with E-state index in [1.165, 1.54) is 11.1 Å². The van der Waals surface area contributed by atoms with Gasteiger partial charge in [-0.1, -0.05) is 6.07 Å². The molecule has 4 nitrogen and oxygen atoms in total. The van der Waals surface area contributed by atoms with Crippen molar-refractivity contribution in [3.8, 4) is 11.5 Å². The van der Waals surface area contributed by atoms with Crippen molar-refractivity contribution in [3.05, 3.63) is 23.3 Å². The van der Waals surface area contributed by atoms with Gasteiger partial charge in [0.15, 0.2) is 23.4 Å². The number of rotatable bonds is 1. The summed E-state index contributed by atoms with van der Waals surface area (Å²) in [7, 11) is 1.64. The number of likely N-dealkylation sites (N-methyl/N-ethyl adjacent to an activating group) is 1. The van der Waals surface area contributed by atoms with Crippen LogP contribution in [0.2, 0.25) is 0 Å². The molecule has 1 aromatic rings. The van der Waals surface area contributed by atoms with Crippen LogP contribution in [0.1, 0.15) is 33.1 Å². The monoisotopic (exact) mass is 301 g/mol. The molecule has 116 valence electrons. The molecular formula is C18H21NO3. The van der Waals surface area contributed by atoms with Crippen molar-refractivity contribution < 1.29 is 17.0 Å².